The molecule has 3 aromatic rings. The topological polar surface area (TPSA) is 59.6 Å². The highest BCUT2D eigenvalue weighted by molar-refractivity contribution is 9.10. The Bertz CT molecular complexity index is 995. The van der Waals surface area contributed by atoms with Crippen molar-refractivity contribution in [3.8, 4) is 17.2 Å². The minimum Gasteiger partial charge on any atom is -0.493 e. The average Bonchev–Trinajstić information content (AvgIpc) is 2.72. The largest absolute Gasteiger partial charge is 0.493 e. The van der Waals surface area contributed by atoms with Crippen molar-refractivity contribution < 1.29 is 14.3 Å². The van der Waals surface area contributed by atoms with Gasteiger partial charge in [0.15, 0.2) is 5.11 Å². The van der Waals surface area contributed by atoms with Gasteiger partial charge in [0.1, 0.15) is 17.2 Å². The maximum absolute atomic E-state index is 12.4. The molecule has 0 saturated carbocycles. The fourth-order valence-corrected chi connectivity index (χ4v) is 3.19. The number of nitrogens with one attached hydrogen (secondary N) is 2. The Hall–Kier alpha value is -2.90. The van der Waals surface area contributed by atoms with Crippen LogP contribution < -0.4 is 20.1 Å². The average molecular weight is 471 g/mol. The number of benzene rings is 3. The molecule has 5 nitrogen and oxygen atoms in total. The third-order valence-corrected chi connectivity index (χ3v) is 4.64. The maximum atomic E-state index is 12.4. The van der Waals surface area contributed by atoms with Gasteiger partial charge in [0.05, 0.1) is 11.1 Å². The van der Waals surface area contributed by atoms with E-state index in [0.29, 0.717) is 28.1 Å². The first-order chi connectivity index (χ1) is 14.0. The first kappa shape index (κ1) is 20.8. The lowest BCUT2D eigenvalue weighted by atomic mass is 10.2. The Morgan fingerprint density at radius 1 is 1.00 bits per heavy atom. The lowest BCUT2D eigenvalue weighted by Gasteiger charge is -2.12. The molecule has 3 aromatic carbocycles. The zero-order valence-corrected chi connectivity index (χ0v) is 18.0. The molecule has 0 atom stereocenters. The standard InChI is InChI=1S/C22H19BrN2O3S/c1-2-27-20-13-8-15(14-19(20)23)21(26)25-22(29)24-16-9-11-18(12-10-16)28-17-6-4-3-5-7-17/h3-14H,2H2,1H3,(H2,24,25,26,29). The molecule has 1 amide bonds. The fourth-order valence-electron chi connectivity index (χ4n) is 2.48. The maximum Gasteiger partial charge on any atom is 0.257 e. The quantitative estimate of drug-likeness (QED) is 0.448. The van der Waals surface area contributed by atoms with E-state index < -0.39 is 0 Å². The number of para-hydroxylation sites is 1. The summed E-state index contributed by atoms with van der Waals surface area (Å²) in [6, 6.07) is 21.9. The number of thiocarbonyl (C=S) groups is 1. The van der Waals surface area contributed by atoms with E-state index in [4.69, 9.17) is 21.7 Å². The molecule has 7 heteroatoms. The predicted octanol–water partition coefficient (Wildman–Crippen LogP) is 5.77. The summed E-state index contributed by atoms with van der Waals surface area (Å²) in [5, 5.41) is 5.86. The Balaban J connectivity index is 1.56. The number of hydrogen-bond acceptors (Lipinski definition) is 4. The first-order valence-corrected chi connectivity index (χ1v) is 10.1. The van der Waals surface area contributed by atoms with Crippen LogP contribution in [0.1, 0.15) is 17.3 Å². The SMILES string of the molecule is CCOc1ccc(C(=O)NC(=S)Nc2ccc(Oc3ccccc3)cc2)cc1Br. The molecule has 0 heterocycles. The van der Waals surface area contributed by atoms with Gasteiger partial charge in [-0.25, -0.2) is 0 Å². The molecule has 0 saturated heterocycles. The second-order valence-corrected chi connectivity index (χ2v) is 7.19. The molecule has 0 aliphatic heterocycles. The fraction of sp³-hybridized carbons (Fsp3) is 0.0909. The number of carbonyl (C=O) groups is 1. The summed E-state index contributed by atoms with van der Waals surface area (Å²) >= 11 is 8.64. The molecule has 3 rings (SSSR count). The molecule has 0 unspecified atom stereocenters. The molecular weight excluding hydrogens is 452 g/mol. The molecule has 148 valence electrons. The summed E-state index contributed by atoms with van der Waals surface area (Å²) in [6.07, 6.45) is 0. The minimum absolute atomic E-state index is 0.205. The van der Waals surface area contributed by atoms with Crippen LogP contribution >= 0.6 is 28.1 Å². The van der Waals surface area contributed by atoms with Crippen molar-refractivity contribution in [3.05, 3.63) is 82.8 Å². The van der Waals surface area contributed by atoms with Crippen molar-refractivity contribution >= 4 is 44.9 Å². The van der Waals surface area contributed by atoms with Gasteiger partial charge in [-0.3, -0.25) is 10.1 Å². The molecule has 29 heavy (non-hydrogen) atoms. The van der Waals surface area contributed by atoms with E-state index >= 15 is 0 Å². The highest BCUT2D eigenvalue weighted by Gasteiger charge is 2.11. The van der Waals surface area contributed by atoms with Gasteiger partial charge in [0, 0.05) is 11.3 Å². The van der Waals surface area contributed by atoms with Gasteiger partial charge in [-0.15, -0.1) is 0 Å². The summed E-state index contributed by atoms with van der Waals surface area (Å²) in [5.74, 6) is 1.84. The summed E-state index contributed by atoms with van der Waals surface area (Å²) in [4.78, 5) is 12.4. The summed E-state index contributed by atoms with van der Waals surface area (Å²) in [6.45, 7) is 2.45. The summed E-state index contributed by atoms with van der Waals surface area (Å²) in [5.41, 5.74) is 1.21. The van der Waals surface area contributed by atoms with Crippen molar-refractivity contribution in [1.29, 1.82) is 0 Å². The van der Waals surface area contributed by atoms with E-state index in [-0.39, 0.29) is 11.0 Å². The van der Waals surface area contributed by atoms with Crippen LogP contribution in [0.15, 0.2) is 77.3 Å². The van der Waals surface area contributed by atoms with Crippen LogP contribution in [0.5, 0.6) is 17.2 Å². The van der Waals surface area contributed by atoms with Crippen LogP contribution in [-0.4, -0.2) is 17.6 Å². The van der Waals surface area contributed by atoms with Crippen molar-refractivity contribution in [2.24, 2.45) is 0 Å². The van der Waals surface area contributed by atoms with E-state index in [1.165, 1.54) is 0 Å². The molecule has 0 aliphatic carbocycles. The first-order valence-electron chi connectivity index (χ1n) is 8.93. The van der Waals surface area contributed by atoms with E-state index in [1.807, 2.05) is 61.5 Å². The zero-order chi connectivity index (χ0) is 20.6. The van der Waals surface area contributed by atoms with Gasteiger partial charge >= 0.3 is 0 Å². The van der Waals surface area contributed by atoms with E-state index in [2.05, 4.69) is 26.6 Å². The van der Waals surface area contributed by atoms with Crippen molar-refractivity contribution in [2.45, 2.75) is 6.92 Å². The molecule has 0 fully saturated rings. The van der Waals surface area contributed by atoms with Crippen LogP contribution in [0.2, 0.25) is 0 Å². The molecule has 0 spiro atoms. The number of anilines is 1. The van der Waals surface area contributed by atoms with Crippen molar-refractivity contribution in [3.63, 3.8) is 0 Å². The Labute approximate surface area is 183 Å². The van der Waals surface area contributed by atoms with Crippen molar-refractivity contribution in [2.75, 3.05) is 11.9 Å². The third kappa shape index (κ3) is 6.04. The Morgan fingerprint density at radius 2 is 1.69 bits per heavy atom. The van der Waals surface area contributed by atoms with Gasteiger partial charge in [-0.05, 0) is 89.7 Å². The second-order valence-electron chi connectivity index (χ2n) is 5.93. The van der Waals surface area contributed by atoms with E-state index in [9.17, 15) is 4.79 Å². The normalized spacial score (nSPS) is 10.1. The molecule has 0 aliphatic rings. The monoisotopic (exact) mass is 470 g/mol. The highest BCUT2D eigenvalue weighted by atomic mass is 79.9. The van der Waals surface area contributed by atoms with Crippen LogP contribution in [0.25, 0.3) is 0 Å². The highest BCUT2D eigenvalue weighted by Crippen LogP contribution is 2.26. The Morgan fingerprint density at radius 3 is 2.34 bits per heavy atom. The number of hydrogen-bond donors (Lipinski definition) is 2. The summed E-state index contributed by atoms with van der Waals surface area (Å²) in [7, 11) is 0. The number of carbonyl (C=O) groups excluding carboxylic acids is 1. The molecule has 0 radical (unpaired) electrons. The van der Waals surface area contributed by atoms with Crippen LogP contribution in [0.4, 0.5) is 5.69 Å². The third-order valence-electron chi connectivity index (χ3n) is 3.81. The van der Waals surface area contributed by atoms with Crippen molar-refractivity contribution in [1.82, 2.24) is 5.32 Å². The zero-order valence-electron chi connectivity index (χ0n) is 15.6. The van der Waals surface area contributed by atoms with E-state index in [1.54, 1.807) is 18.2 Å². The lowest BCUT2D eigenvalue weighted by Crippen LogP contribution is -2.34. The number of rotatable bonds is 6. The van der Waals surface area contributed by atoms with E-state index in [0.717, 1.165) is 11.4 Å². The smallest absolute Gasteiger partial charge is 0.257 e. The number of halogens is 1. The predicted molar refractivity (Wildman–Crippen MR) is 122 cm³/mol. The van der Waals surface area contributed by atoms with Gasteiger partial charge in [0.2, 0.25) is 0 Å². The summed E-state index contributed by atoms with van der Waals surface area (Å²) < 4.78 is 11.9. The van der Waals surface area contributed by atoms with Gasteiger partial charge in [-0.1, -0.05) is 18.2 Å². The van der Waals surface area contributed by atoms with Gasteiger partial charge in [0.25, 0.3) is 5.91 Å². The molecule has 0 aromatic heterocycles. The molecular formula is C22H19BrN2O3S. The van der Waals surface area contributed by atoms with Crippen LogP contribution in [0, 0.1) is 0 Å². The molecule has 0 bridgehead atoms. The minimum atomic E-state index is -0.310. The van der Waals surface area contributed by atoms with Gasteiger partial charge < -0.3 is 14.8 Å². The number of ether oxygens (including phenoxy) is 2. The second kappa shape index (κ2) is 10.0. The van der Waals surface area contributed by atoms with Gasteiger partial charge in [-0.2, -0.15) is 0 Å². The Kier molecular flexibility index (Phi) is 7.21. The number of amides is 1. The molecule has 2 N–H and O–H groups in total. The van der Waals surface area contributed by atoms with Crippen LogP contribution in [-0.2, 0) is 0 Å². The van der Waals surface area contributed by atoms with Crippen LogP contribution in [0.3, 0.4) is 0 Å². The lowest BCUT2D eigenvalue weighted by molar-refractivity contribution is 0.0977.